The van der Waals surface area contributed by atoms with Gasteiger partial charge in [-0.2, -0.15) is 0 Å². The molecule has 3 aliphatic rings. The van der Waals surface area contributed by atoms with Gasteiger partial charge in [0, 0.05) is 50.7 Å². The molecule has 9 heteroatoms. The molecule has 1 amide bonds. The number of hydrogen-bond donors (Lipinski definition) is 3. The van der Waals surface area contributed by atoms with Gasteiger partial charge >= 0.3 is 0 Å². The molecular weight excluding hydrogens is 464 g/mol. The third-order valence-electron chi connectivity index (χ3n) is 7.10. The smallest absolute Gasteiger partial charge is 0.261 e. The van der Waals surface area contributed by atoms with Crippen LogP contribution in [0.2, 0.25) is 0 Å². The first-order valence-corrected chi connectivity index (χ1v) is 14.1. The number of benzene rings is 2. The van der Waals surface area contributed by atoms with Crippen molar-refractivity contribution in [3.8, 4) is 0 Å². The zero-order valence-corrected chi connectivity index (χ0v) is 20.8. The van der Waals surface area contributed by atoms with Crippen molar-refractivity contribution in [2.75, 3.05) is 49.0 Å². The SMILES string of the molecule is O=C(NCC1CCCO1)c1cc(NS(=O)(=O)c2ccc3c(c2)CCCC3)ccc1N1CCNCC1. The zero-order chi connectivity index (χ0) is 24.3. The summed E-state index contributed by atoms with van der Waals surface area (Å²) in [7, 11) is -3.78. The molecule has 0 spiro atoms. The first-order chi connectivity index (χ1) is 17.0. The van der Waals surface area contributed by atoms with Crippen molar-refractivity contribution in [3.05, 3.63) is 53.1 Å². The molecule has 5 rings (SSSR count). The van der Waals surface area contributed by atoms with E-state index in [1.165, 1.54) is 5.56 Å². The van der Waals surface area contributed by atoms with E-state index < -0.39 is 10.0 Å². The normalized spacial score (nSPS) is 20.3. The minimum atomic E-state index is -3.78. The first-order valence-electron chi connectivity index (χ1n) is 12.6. The van der Waals surface area contributed by atoms with E-state index in [1.54, 1.807) is 24.3 Å². The molecule has 0 aromatic heterocycles. The summed E-state index contributed by atoms with van der Waals surface area (Å²) in [5.41, 5.74) is 4.01. The van der Waals surface area contributed by atoms with Gasteiger partial charge < -0.3 is 20.3 Å². The fourth-order valence-electron chi connectivity index (χ4n) is 5.16. The molecule has 1 unspecified atom stereocenters. The maximum absolute atomic E-state index is 13.2. The van der Waals surface area contributed by atoms with Gasteiger partial charge in [-0.05, 0) is 80.0 Å². The van der Waals surface area contributed by atoms with Crippen molar-refractivity contribution in [2.45, 2.75) is 49.5 Å². The van der Waals surface area contributed by atoms with Crippen LogP contribution in [0.1, 0.15) is 47.2 Å². The van der Waals surface area contributed by atoms with Gasteiger partial charge in [-0.15, -0.1) is 0 Å². The Morgan fingerprint density at radius 3 is 2.60 bits per heavy atom. The van der Waals surface area contributed by atoms with Crippen LogP contribution in [0.4, 0.5) is 11.4 Å². The highest BCUT2D eigenvalue weighted by Gasteiger charge is 2.23. The molecule has 2 aromatic carbocycles. The predicted octanol–water partition coefficient (Wildman–Crippen LogP) is 2.68. The van der Waals surface area contributed by atoms with Crippen molar-refractivity contribution in [3.63, 3.8) is 0 Å². The number of hydrogen-bond acceptors (Lipinski definition) is 6. The summed E-state index contributed by atoms with van der Waals surface area (Å²) in [6.45, 7) is 4.42. The van der Waals surface area contributed by atoms with Gasteiger partial charge in [0.2, 0.25) is 0 Å². The van der Waals surface area contributed by atoms with Gasteiger partial charge in [-0.25, -0.2) is 8.42 Å². The van der Waals surface area contributed by atoms with Gasteiger partial charge in [0.15, 0.2) is 0 Å². The maximum Gasteiger partial charge on any atom is 0.261 e. The lowest BCUT2D eigenvalue weighted by atomic mass is 9.92. The van der Waals surface area contributed by atoms with E-state index in [0.717, 1.165) is 82.6 Å². The third-order valence-corrected chi connectivity index (χ3v) is 8.47. The van der Waals surface area contributed by atoms with Crippen LogP contribution in [-0.2, 0) is 27.6 Å². The van der Waals surface area contributed by atoms with E-state index in [2.05, 4.69) is 20.3 Å². The number of nitrogens with zero attached hydrogens (tertiary/aromatic N) is 1. The van der Waals surface area contributed by atoms with Crippen LogP contribution in [0.15, 0.2) is 41.3 Å². The summed E-state index contributed by atoms with van der Waals surface area (Å²) in [4.78, 5) is 15.7. The van der Waals surface area contributed by atoms with Gasteiger partial charge in [-0.1, -0.05) is 6.07 Å². The molecule has 2 saturated heterocycles. The minimum Gasteiger partial charge on any atom is -0.376 e. The number of ether oxygens (including phenoxy) is 1. The number of carbonyl (C=O) groups is 1. The predicted molar refractivity (Wildman–Crippen MR) is 137 cm³/mol. The van der Waals surface area contributed by atoms with Gasteiger partial charge in [-0.3, -0.25) is 9.52 Å². The van der Waals surface area contributed by atoms with Crippen LogP contribution in [0.25, 0.3) is 0 Å². The Hall–Kier alpha value is -2.62. The molecule has 35 heavy (non-hydrogen) atoms. The molecule has 0 saturated carbocycles. The molecule has 1 atom stereocenters. The first kappa shape index (κ1) is 24.1. The molecule has 0 radical (unpaired) electrons. The van der Waals surface area contributed by atoms with Crippen molar-refractivity contribution in [1.29, 1.82) is 0 Å². The van der Waals surface area contributed by atoms with Crippen LogP contribution in [0, 0.1) is 0 Å². The number of sulfonamides is 1. The summed E-state index contributed by atoms with van der Waals surface area (Å²) < 4.78 is 34.8. The average Bonchev–Trinajstić information content (AvgIpc) is 3.41. The molecule has 0 bridgehead atoms. The lowest BCUT2D eigenvalue weighted by Gasteiger charge is -2.31. The van der Waals surface area contributed by atoms with E-state index >= 15 is 0 Å². The van der Waals surface area contributed by atoms with Crippen LogP contribution < -0.4 is 20.3 Å². The largest absolute Gasteiger partial charge is 0.376 e. The number of piperazine rings is 1. The highest BCUT2D eigenvalue weighted by Crippen LogP contribution is 2.28. The van der Waals surface area contributed by atoms with Crippen molar-refractivity contribution in [1.82, 2.24) is 10.6 Å². The van der Waals surface area contributed by atoms with E-state index in [0.29, 0.717) is 17.8 Å². The Labute approximate surface area is 207 Å². The number of carbonyl (C=O) groups excluding carboxylic acids is 1. The van der Waals surface area contributed by atoms with E-state index in [1.807, 2.05) is 12.1 Å². The number of nitrogens with one attached hydrogen (secondary N) is 3. The minimum absolute atomic E-state index is 0.0345. The summed E-state index contributed by atoms with van der Waals surface area (Å²) in [5.74, 6) is -0.219. The maximum atomic E-state index is 13.2. The molecule has 2 heterocycles. The molecule has 2 fully saturated rings. The monoisotopic (exact) mass is 498 g/mol. The fourth-order valence-corrected chi connectivity index (χ4v) is 6.26. The van der Waals surface area contributed by atoms with Gasteiger partial charge in [0.25, 0.3) is 15.9 Å². The standard InChI is InChI=1S/C26H34N4O4S/c31-26(28-18-22-6-3-15-34-22)24-17-21(8-10-25(24)30-13-11-27-12-14-30)29-35(32,33)23-9-7-19-4-1-2-5-20(19)16-23/h7-10,16-17,22,27,29H,1-6,11-15,18H2,(H,28,31). The lowest BCUT2D eigenvalue weighted by Crippen LogP contribution is -2.44. The van der Waals surface area contributed by atoms with Crippen molar-refractivity contribution >= 4 is 27.3 Å². The van der Waals surface area contributed by atoms with Crippen LogP contribution in [0.5, 0.6) is 0 Å². The number of fused-ring (bicyclic) bond motifs is 1. The Balaban J connectivity index is 1.39. The second kappa shape index (κ2) is 10.6. The Morgan fingerprint density at radius 2 is 1.83 bits per heavy atom. The topological polar surface area (TPSA) is 99.8 Å². The van der Waals surface area contributed by atoms with Gasteiger partial charge in [0.05, 0.1) is 16.6 Å². The van der Waals surface area contributed by atoms with Gasteiger partial charge in [0.1, 0.15) is 0 Å². The molecule has 8 nitrogen and oxygen atoms in total. The second-order valence-electron chi connectivity index (χ2n) is 9.56. The van der Waals surface area contributed by atoms with Crippen LogP contribution in [0.3, 0.4) is 0 Å². The van der Waals surface area contributed by atoms with E-state index in [-0.39, 0.29) is 16.9 Å². The average molecular weight is 499 g/mol. The lowest BCUT2D eigenvalue weighted by molar-refractivity contribution is 0.0858. The van der Waals surface area contributed by atoms with Crippen molar-refractivity contribution in [2.24, 2.45) is 0 Å². The van der Waals surface area contributed by atoms with E-state index in [4.69, 9.17) is 4.74 Å². The quantitative estimate of drug-likeness (QED) is 0.543. The summed E-state index contributed by atoms with van der Waals surface area (Å²) in [6, 6.07) is 10.6. The summed E-state index contributed by atoms with van der Waals surface area (Å²) in [5, 5.41) is 6.32. The van der Waals surface area contributed by atoms with E-state index in [9.17, 15) is 13.2 Å². The fraction of sp³-hybridized carbons (Fsp3) is 0.500. The zero-order valence-electron chi connectivity index (χ0n) is 20.0. The second-order valence-corrected chi connectivity index (χ2v) is 11.2. The van der Waals surface area contributed by atoms with Crippen molar-refractivity contribution < 1.29 is 17.9 Å². The highest BCUT2D eigenvalue weighted by molar-refractivity contribution is 7.92. The summed E-state index contributed by atoms with van der Waals surface area (Å²) in [6.07, 6.45) is 6.12. The third kappa shape index (κ3) is 5.63. The Bertz CT molecular complexity index is 1170. The molecule has 188 valence electrons. The number of rotatable bonds is 7. The number of anilines is 2. The highest BCUT2D eigenvalue weighted by atomic mass is 32.2. The Morgan fingerprint density at radius 1 is 1.03 bits per heavy atom. The number of aryl methyl sites for hydroxylation is 2. The van der Waals surface area contributed by atoms with Crippen LogP contribution >= 0.6 is 0 Å². The number of amides is 1. The molecular formula is C26H34N4O4S. The molecule has 3 N–H and O–H groups in total. The molecule has 2 aromatic rings. The summed E-state index contributed by atoms with van der Waals surface area (Å²) >= 11 is 0. The van der Waals surface area contributed by atoms with Crippen LogP contribution in [-0.4, -0.2) is 59.8 Å². The molecule has 1 aliphatic carbocycles. The molecule has 2 aliphatic heterocycles. The Kier molecular flexibility index (Phi) is 7.27.